The molecule has 0 aromatic heterocycles. The maximum Gasteiger partial charge on any atom is 0.351 e. The van der Waals surface area contributed by atoms with Crippen molar-refractivity contribution in [3.05, 3.63) is 24.3 Å². The second-order valence-corrected chi connectivity index (χ2v) is 6.63. The number of nitriles is 1. The molecule has 0 bridgehead atoms. The van der Waals surface area contributed by atoms with E-state index in [1.807, 2.05) is 6.07 Å². The Hall–Kier alpha value is -2.75. The van der Waals surface area contributed by atoms with Crippen molar-refractivity contribution in [2.45, 2.75) is 43.7 Å². The van der Waals surface area contributed by atoms with Crippen LogP contribution in [-0.4, -0.2) is 48.7 Å². The lowest BCUT2D eigenvalue weighted by molar-refractivity contribution is -0.161. The van der Waals surface area contributed by atoms with Crippen molar-refractivity contribution in [2.24, 2.45) is 0 Å². The third-order valence-electron chi connectivity index (χ3n) is 5.01. The molecule has 0 radical (unpaired) electrons. The van der Waals surface area contributed by atoms with Gasteiger partial charge in [0.2, 0.25) is 6.10 Å². The summed E-state index contributed by atoms with van der Waals surface area (Å²) in [7, 11) is 1.60. The first kappa shape index (κ1) is 18.1. The standard InChI is InChI=1S/C19H22N2O5/c1-21(19(13-20)9-5-2-6-10-19)17(22)12-25-18(23)16-11-24-14-7-3-4-8-15(14)26-16/h3-4,7-8,16H,2,5-6,9-12H2,1H3. The van der Waals surface area contributed by atoms with Crippen molar-refractivity contribution in [1.82, 2.24) is 4.90 Å². The number of nitrogens with zero attached hydrogens (tertiary/aromatic N) is 2. The molecule has 1 atom stereocenters. The van der Waals surface area contributed by atoms with Gasteiger partial charge in [-0.05, 0) is 25.0 Å². The van der Waals surface area contributed by atoms with Crippen LogP contribution in [0.15, 0.2) is 24.3 Å². The van der Waals surface area contributed by atoms with E-state index < -0.39 is 24.2 Å². The minimum Gasteiger partial charge on any atom is -0.485 e. The Morgan fingerprint density at radius 2 is 1.96 bits per heavy atom. The van der Waals surface area contributed by atoms with Crippen LogP contribution in [0.4, 0.5) is 0 Å². The molecule has 0 N–H and O–H groups in total. The predicted octanol–water partition coefficient (Wildman–Crippen LogP) is 2.05. The molecule has 138 valence electrons. The summed E-state index contributed by atoms with van der Waals surface area (Å²) in [4.78, 5) is 26.0. The second-order valence-electron chi connectivity index (χ2n) is 6.63. The van der Waals surface area contributed by atoms with E-state index in [0.29, 0.717) is 24.3 Å². The molecule has 3 rings (SSSR count). The third kappa shape index (κ3) is 3.59. The molecule has 1 saturated carbocycles. The fourth-order valence-corrected chi connectivity index (χ4v) is 3.36. The topological polar surface area (TPSA) is 88.9 Å². The molecule has 1 aliphatic carbocycles. The summed E-state index contributed by atoms with van der Waals surface area (Å²) in [6.07, 6.45) is 3.28. The summed E-state index contributed by atoms with van der Waals surface area (Å²) in [6, 6.07) is 9.32. The Morgan fingerprint density at radius 1 is 1.27 bits per heavy atom. The number of para-hydroxylation sites is 2. The number of rotatable bonds is 4. The zero-order chi connectivity index (χ0) is 18.6. The molecule has 1 heterocycles. The average molecular weight is 358 g/mol. The summed E-state index contributed by atoms with van der Waals surface area (Å²) in [5, 5.41) is 9.55. The van der Waals surface area contributed by atoms with Gasteiger partial charge in [-0.1, -0.05) is 31.4 Å². The van der Waals surface area contributed by atoms with Gasteiger partial charge in [-0.3, -0.25) is 4.79 Å². The van der Waals surface area contributed by atoms with Gasteiger partial charge >= 0.3 is 5.97 Å². The Labute approximate surface area is 152 Å². The fraction of sp³-hybridized carbons (Fsp3) is 0.526. The maximum absolute atomic E-state index is 12.4. The number of ether oxygens (including phenoxy) is 3. The molecule has 1 unspecified atom stereocenters. The molecular formula is C19H22N2O5. The van der Waals surface area contributed by atoms with Crippen molar-refractivity contribution < 1.29 is 23.8 Å². The van der Waals surface area contributed by atoms with Gasteiger partial charge < -0.3 is 19.1 Å². The summed E-state index contributed by atoms with van der Waals surface area (Å²) in [5.41, 5.74) is -0.800. The largest absolute Gasteiger partial charge is 0.485 e. The molecule has 0 saturated heterocycles. The van der Waals surface area contributed by atoms with E-state index in [0.717, 1.165) is 19.3 Å². The number of hydrogen-bond acceptors (Lipinski definition) is 6. The van der Waals surface area contributed by atoms with Crippen LogP contribution in [-0.2, 0) is 14.3 Å². The Morgan fingerprint density at radius 3 is 2.65 bits per heavy atom. The molecule has 0 spiro atoms. The highest BCUT2D eigenvalue weighted by molar-refractivity contribution is 5.83. The molecule has 1 amide bonds. The van der Waals surface area contributed by atoms with Crippen molar-refractivity contribution in [3.8, 4) is 17.6 Å². The van der Waals surface area contributed by atoms with E-state index in [9.17, 15) is 14.9 Å². The van der Waals surface area contributed by atoms with Crippen LogP contribution < -0.4 is 9.47 Å². The highest BCUT2D eigenvalue weighted by atomic mass is 16.6. The highest BCUT2D eigenvalue weighted by Crippen LogP contribution is 2.33. The molecule has 2 aliphatic rings. The normalized spacial score (nSPS) is 20.5. The summed E-state index contributed by atoms with van der Waals surface area (Å²) < 4.78 is 16.2. The average Bonchev–Trinajstić information content (AvgIpc) is 2.71. The SMILES string of the molecule is CN(C(=O)COC(=O)C1COc2ccccc2O1)C1(C#N)CCCCC1. The van der Waals surface area contributed by atoms with E-state index in [2.05, 4.69) is 6.07 Å². The van der Waals surface area contributed by atoms with Crippen LogP contribution in [0, 0.1) is 11.3 Å². The van der Waals surface area contributed by atoms with Crippen molar-refractivity contribution in [2.75, 3.05) is 20.3 Å². The van der Waals surface area contributed by atoms with Crippen LogP contribution in [0.2, 0.25) is 0 Å². The number of carbonyl (C=O) groups is 2. The summed E-state index contributed by atoms with van der Waals surface area (Å²) >= 11 is 0. The molecule has 7 nitrogen and oxygen atoms in total. The molecule has 7 heteroatoms. The number of benzene rings is 1. The van der Waals surface area contributed by atoms with Gasteiger partial charge in [0.1, 0.15) is 12.1 Å². The predicted molar refractivity (Wildman–Crippen MR) is 91.5 cm³/mol. The van der Waals surface area contributed by atoms with Gasteiger partial charge in [0, 0.05) is 7.05 Å². The summed E-state index contributed by atoms with van der Waals surface area (Å²) in [5.74, 6) is -0.00904. The van der Waals surface area contributed by atoms with Crippen LogP contribution in [0.3, 0.4) is 0 Å². The molecule has 1 aromatic rings. The van der Waals surface area contributed by atoms with Crippen LogP contribution in [0.1, 0.15) is 32.1 Å². The number of amides is 1. The molecule has 1 aliphatic heterocycles. The molecule has 1 fully saturated rings. The zero-order valence-electron chi connectivity index (χ0n) is 14.8. The first-order valence-electron chi connectivity index (χ1n) is 8.79. The lowest BCUT2D eigenvalue weighted by Gasteiger charge is -2.38. The Bertz CT molecular complexity index is 721. The first-order chi connectivity index (χ1) is 12.6. The maximum atomic E-state index is 12.4. The van der Waals surface area contributed by atoms with E-state index in [4.69, 9.17) is 14.2 Å². The van der Waals surface area contributed by atoms with E-state index in [1.165, 1.54) is 4.90 Å². The van der Waals surface area contributed by atoms with Crippen LogP contribution in [0.5, 0.6) is 11.5 Å². The van der Waals surface area contributed by atoms with Gasteiger partial charge in [0.25, 0.3) is 5.91 Å². The van der Waals surface area contributed by atoms with E-state index >= 15 is 0 Å². The molecule has 1 aromatic carbocycles. The van der Waals surface area contributed by atoms with E-state index in [-0.39, 0.29) is 12.5 Å². The Kier molecular flexibility index (Phi) is 5.31. The van der Waals surface area contributed by atoms with Crippen molar-refractivity contribution >= 4 is 11.9 Å². The molecular weight excluding hydrogens is 336 g/mol. The second kappa shape index (κ2) is 7.65. The third-order valence-corrected chi connectivity index (χ3v) is 5.01. The minimum atomic E-state index is -0.914. The fourth-order valence-electron chi connectivity index (χ4n) is 3.36. The first-order valence-corrected chi connectivity index (χ1v) is 8.79. The van der Waals surface area contributed by atoms with Crippen molar-refractivity contribution in [1.29, 1.82) is 5.26 Å². The number of esters is 1. The number of carbonyl (C=O) groups excluding carboxylic acids is 2. The quantitative estimate of drug-likeness (QED) is 0.766. The number of likely N-dealkylation sites (N-methyl/N-ethyl adjacent to an activating group) is 1. The van der Waals surface area contributed by atoms with Gasteiger partial charge in [-0.15, -0.1) is 0 Å². The lowest BCUT2D eigenvalue weighted by atomic mass is 9.81. The van der Waals surface area contributed by atoms with Crippen LogP contribution >= 0.6 is 0 Å². The van der Waals surface area contributed by atoms with Crippen molar-refractivity contribution in [3.63, 3.8) is 0 Å². The molecule has 26 heavy (non-hydrogen) atoms. The highest BCUT2D eigenvalue weighted by Gasteiger charge is 2.39. The lowest BCUT2D eigenvalue weighted by Crippen LogP contribution is -2.51. The summed E-state index contributed by atoms with van der Waals surface area (Å²) in [6.45, 7) is -0.387. The number of fused-ring (bicyclic) bond motifs is 1. The van der Waals surface area contributed by atoms with E-state index in [1.54, 1.807) is 25.2 Å². The van der Waals surface area contributed by atoms with Crippen LogP contribution in [0.25, 0.3) is 0 Å². The smallest absolute Gasteiger partial charge is 0.351 e. The minimum absolute atomic E-state index is 0.0298. The number of hydrogen-bond donors (Lipinski definition) is 0. The van der Waals surface area contributed by atoms with Gasteiger partial charge in [0.05, 0.1) is 6.07 Å². The van der Waals surface area contributed by atoms with Gasteiger partial charge in [-0.25, -0.2) is 4.79 Å². The zero-order valence-corrected chi connectivity index (χ0v) is 14.8. The van der Waals surface area contributed by atoms with Gasteiger partial charge in [0.15, 0.2) is 18.1 Å². The Balaban J connectivity index is 1.54. The van der Waals surface area contributed by atoms with Gasteiger partial charge in [-0.2, -0.15) is 5.26 Å². The monoisotopic (exact) mass is 358 g/mol.